The van der Waals surface area contributed by atoms with Crippen LogP contribution in [-0.2, 0) is 0 Å². The summed E-state index contributed by atoms with van der Waals surface area (Å²) in [7, 11) is 0. The Morgan fingerprint density at radius 1 is 0.464 bits per heavy atom. The molecule has 0 amide bonds. The molecule has 0 heterocycles. The van der Waals surface area contributed by atoms with E-state index in [2.05, 4.69) is 227 Å². The van der Waals surface area contributed by atoms with E-state index in [-0.39, 0.29) is 0 Å². The highest BCUT2D eigenvalue weighted by Crippen LogP contribution is 2.37. The third-order valence-electron chi connectivity index (χ3n) is 10.4. The van der Waals surface area contributed by atoms with Crippen molar-refractivity contribution in [1.82, 2.24) is 0 Å². The predicted molar refractivity (Wildman–Crippen MR) is 245 cm³/mol. The van der Waals surface area contributed by atoms with Gasteiger partial charge in [0.25, 0.3) is 0 Å². The van der Waals surface area contributed by atoms with Crippen molar-refractivity contribution in [1.29, 1.82) is 0 Å². The van der Waals surface area contributed by atoms with E-state index in [0.717, 1.165) is 35.1 Å². The van der Waals surface area contributed by atoms with Gasteiger partial charge >= 0.3 is 0 Å². The fourth-order valence-corrected chi connectivity index (χ4v) is 7.30. The molecule has 0 N–H and O–H groups in total. The van der Waals surface area contributed by atoms with Crippen LogP contribution in [0.25, 0.3) is 72.4 Å². The Labute approximate surface area is 333 Å². The van der Waals surface area contributed by atoms with Gasteiger partial charge in [0, 0.05) is 0 Å². The second kappa shape index (κ2) is 18.0. The normalized spacial score (nSPS) is 11.8. The lowest BCUT2D eigenvalue weighted by atomic mass is 9.89. The predicted octanol–water partition coefficient (Wildman–Crippen LogP) is 16.1. The van der Waals surface area contributed by atoms with Crippen LogP contribution in [0.1, 0.15) is 43.4 Å². The Kier molecular flexibility index (Phi) is 12.1. The zero-order chi connectivity index (χ0) is 38.7. The third kappa shape index (κ3) is 8.62. The lowest BCUT2D eigenvalue weighted by Crippen LogP contribution is -1.90. The summed E-state index contributed by atoms with van der Waals surface area (Å²) in [5.41, 5.74) is 18.6. The van der Waals surface area contributed by atoms with Crippen molar-refractivity contribution >= 4 is 16.7 Å². The average molecular weight is 721 g/mol. The van der Waals surface area contributed by atoms with Crippen LogP contribution in [0.3, 0.4) is 0 Å². The molecule has 56 heavy (non-hydrogen) atoms. The molecular weight excluding hydrogens is 673 g/mol. The number of allylic oxidation sites excluding steroid dienone is 8. The molecule has 0 spiro atoms. The van der Waals surface area contributed by atoms with Crippen LogP contribution in [0.15, 0.2) is 219 Å². The molecule has 0 saturated carbocycles. The minimum absolute atomic E-state index is 0.965. The molecule has 7 aromatic carbocycles. The van der Waals surface area contributed by atoms with Crippen molar-refractivity contribution in [3.8, 4) is 55.6 Å². The van der Waals surface area contributed by atoms with E-state index >= 15 is 0 Å². The minimum atomic E-state index is 0.965. The van der Waals surface area contributed by atoms with Gasteiger partial charge in [0.2, 0.25) is 0 Å². The van der Waals surface area contributed by atoms with Crippen LogP contribution in [0.4, 0.5) is 0 Å². The SMILES string of the molecule is C=C/C(=C\CCC)c1ccc(-c2ccccc2)c(-c2ccc(-c3cccc(C(/C=C\C(=C)c4cc(-c5ccccc5)ccc4-c4ccccc4)=C/C)c3)cc2)c1. The summed E-state index contributed by atoms with van der Waals surface area (Å²) in [6.45, 7) is 13.0. The Morgan fingerprint density at radius 3 is 1.62 bits per heavy atom. The molecule has 0 heteroatoms. The van der Waals surface area contributed by atoms with Crippen LogP contribution in [-0.4, -0.2) is 0 Å². The highest BCUT2D eigenvalue weighted by molar-refractivity contribution is 5.91. The highest BCUT2D eigenvalue weighted by atomic mass is 14.2. The summed E-state index contributed by atoms with van der Waals surface area (Å²) in [6, 6.07) is 63.1. The summed E-state index contributed by atoms with van der Waals surface area (Å²) in [4.78, 5) is 0. The molecule has 0 radical (unpaired) electrons. The first-order chi connectivity index (χ1) is 27.6. The second-order valence-electron chi connectivity index (χ2n) is 14.0. The maximum absolute atomic E-state index is 4.58. The topological polar surface area (TPSA) is 0 Å². The largest absolute Gasteiger partial charge is 0.0985 e. The van der Waals surface area contributed by atoms with Crippen molar-refractivity contribution in [3.05, 3.63) is 236 Å². The number of hydrogen-bond donors (Lipinski definition) is 0. The van der Waals surface area contributed by atoms with Crippen molar-refractivity contribution in [3.63, 3.8) is 0 Å². The molecule has 0 atom stereocenters. The zero-order valence-electron chi connectivity index (χ0n) is 32.5. The first-order valence-corrected chi connectivity index (χ1v) is 19.6. The quantitative estimate of drug-likeness (QED) is 0.104. The first kappa shape index (κ1) is 37.6. The molecule has 0 nitrogen and oxygen atoms in total. The van der Waals surface area contributed by atoms with Gasteiger partial charge in [0.1, 0.15) is 0 Å². The summed E-state index contributed by atoms with van der Waals surface area (Å²) >= 11 is 0. The van der Waals surface area contributed by atoms with Gasteiger partial charge in [-0.25, -0.2) is 0 Å². The molecule has 0 saturated heterocycles. The van der Waals surface area contributed by atoms with Crippen LogP contribution in [0, 0.1) is 0 Å². The summed E-state index contributed by atoms with van der Waals surface area (Å²) in [6.07, 6.45) is 12.9. The number of rotatable bonds is 13. The smallest absolute Gasteiger partial charge is 0.00992 e. The molecule has 0 aliphatic rings. The van der Waals surface area contributed by atoms with Crippen molar-refractivity contribution in [2.24, 2.45) is 0 Å². The van der Waals surface area contributed by atoms with Gasteiger partial charge in [-0.05, 0) is 121 Å². The van der Waals surface area contributed by atoms with Gasteiger partial charge in [-0.2, -0.15) is 0 Å². The van der Waals surface area contributed by atoms with E-state index in [1.165, 1.54) is 66.8 Å². The highest BCUT2D eigenvalue weighted by Gasteiger charge is 2.13. The second-order valence-corrected chi connectivity index (χ2v) is 14.0. The maximum Gasteiger partial charge on any atom is -0.00992 e. The van der Waals surface area contributed by atoms with E-state index < -0.39 is 0 Å². The fraction of sp³-hybridized carbons (Fsp3) is 0.0714. The monoisotopic (exact) mass is 720 g/mol. The number of hydrogen-bond acceptors (Lipinski definition) is 0. The van der Waals surface area contributed by atoms with Gasteiger partial charge < -0.3 is 0 Å². The van der Waals surface area contributed by atoms with Crippen LogP contribution >= 0.6 is 0 Å². The van der Waals surface area contributed by atoms with E-state index in [1.807, 2.05) is 6.08 Å². The van der Waals surface area contributed by atoms with E-state index in [4.69, 9.17) is 0 Å². The molecule has 272 valence electrons. The zero-order valence-corrected chi connectivity index (χ0v) is 32.5. The molecule has 0 aliphatic heterocycles. The summed E-state index contributed by atoms with van der Waals surface area (Å²) in [5.74, 6) is 0. The Morgan fingerprint density at radius 2 is 0.982 bits per heavy atom. The Balaban J connectivity index is 1.18. The Hall–Kier alpha value is -6.76. The summed E-state index contributed by atoms with van der Waals surface area (Å²) in [5, 5.41) is 0. The number of unbranched alkanes of at least 4 members (excludes halogenated alkanes) is 1. The van der Waals surface area contributed by atoms with Gasteiger partial charge in [-0.3, -0.25) is 0 Å². The maximum atomic E-state index is 4.58. The third-order valence-corrected chi connectivity index (χ3v) is 10.4. The van der Waals surface area contributed by atoms with Gasteiger partial charge in [-0.1, -0.05) is 215 Å². The molecular formula is C56H48. The van der Waals surface area contributed by atoms with Crippen molar-refractivity contribution in [2.45, 2.75) is 26.7 Å². The van der Waals surface area contributed by atoms with E-state index in [0.29, 0.717) is 0 Å². The number of benzene rings is 7. The molecule has 7 rings (SSSR count). The van der Waals surface area contributed by atoms with Gasteiger partial charge in [0.05, 0.1) is 0 Å². The minimum Gasteiger partial charge on any atom is -0.0985 e. The summed E-state index contributed by atoms with van der Waals surface area (Å²) < 4.78 is 0. The lowest BCUT2D eigenvalue weighted by Gasteiger charge is -2.15. The Bertz CT molecular complexity index is 2530. The lowest BCUT2D eigenvalue weighted by molar-refractivity contribution is 0.960. The molecule has 7 aromatic rings. The molecule has 0 bridgehead atoms. The van der Waals surface area contributed by atoms with E-state index in [9.17, 15) is 0 Å². The van der Waals surface area contributed by atoms with Crippen molar-refractivity contribution in [2.75, 3.05) is 0 Å². The van der Waals surface area contributed by atoms with Gasteiger partial charge in [-0.15, -0.1) is 0 Å². The van der Waals surface area contributed by atoms with Gasteiger partial charge in [0.15, 0.2) is 0 Å². The molecule has 0 fully saturated rings. The average Bonchev–Trinajstić information content (AvgIpc) is 3.27. The van der Waals surface area contributed by atoms with Crippen LogP contribution < -0.4 is 0 Å². The standard InChI is InChI=1S/C56H48/c1-5-8-19-42(6-2)51-34-37-54(47-24-16-11-17-25-47)56(40-51)48-32-30-45(31-33-48)50-27-18-26-49(38-50)43(7-3)29-28-41(4)55-39-52(44-20-12-9-13-21-44)35-36-53(55)46-22-14-10-15-23-46/h6-7,9-40H,2,4-5,8H2,1,3H3/b29-28-,42-19+,43-7+. The van der Waals surface area contributed by atoms with Crippen molar-refractivity contribution < 1.29 is 0 Å². The first-order valence-electron chi connectivity index (χ1n) is 19.6. The molecule has 0 unspecified atom stereocenters. The fourth-order valence-electron chi connectivity index (χ4n) is 7.30. The van der Waals surface area contributed by atoms with E-state index in [1.54, 1.807) is 0 Å². The molecule has 0 aliphatic carbocycles. The van der Waals surface area contributed by atoms with Crippen LogP contribution in [0.2, 0.25) is 0 Å². The molecule has 0 aromatic heterocycles. The van der Waals surface area contributed by atoms with Crippen LogP contribution in [0.5, 0.6) is 0 Å².